The van der Waals surface area contributed by atoms with Crippen LogP contribution < -0.4 is 5.32 Å². The van der Waals surface area contributed by atoms with Crippen molar-refractivity contribution in [3.8, 4) is 0 Å². The molecule has 1 aromatic heterocycles. The van der Waals surface area contributed by atoms with Crippen LogP contribution in [0.3, 0.4) is 0 Å². The van der Waals surface area contributed by atoms with Gasteiger partial charge in [-0.05, 0) is 19.8 Å². The molecule has 0 unspecified atom stereocenters. The molecule has 92 valence electrons. The third kappa shape index (κ3) is 2.71. The van der Waals surface area contributed by atoms with E-state index in [1.54, 1.807) is 0 Å². The minimum absolute atomic E-state index is 0.0250. The smallest absolute Gasteiger partial charge is 0.319 e. The van der Waals surface area contributed by atoms with Crippen LogP contribution in [0.4, 0.5) is 5.13 Å². The topological polar surface area (TPSA) is 64.1 Å². The van der Waals surface area contributed by atoms with Gasteiger partial charge in [0.05, 0.1) is 0 Å². The number of nitrogens with one attached hydrogen (secondary N) is 1. The quantitative estimate of drug-likeness (QED) is 0.844. The molecular weight excluding hydrogens is 258 g/mol. The molecule has 17 heavy (non-hydrogen) atoms. The predicted octanol–water partition coefficient (Wildman–Crippen LogP) is 1.91. The Hall–Kier alpha value is -0.820. The van der Waals surface area contributed by atoms with Crippen molar-refractivity contribution in [3.63, 3.8) is 0 Å². The van der Waals surface area contributed by atoms with Crippen LogP contribution in [0.2, 0.25) is 0 Å². The summed E-state index contributed by atoms with van der Waals surface area (Å²) >= 11 is 2.97. The molecular formula is C10H13N3O2S2. The molecule has 1 aliphatic heterocycles. The zero-order chi connectivity index (χ0) is 11.8. The maximum absolute atomic E-state index is 11.5. The third-order valence-corrected chi connectivity index (χ3v) is 4.82. The molecule has 2 heterocycles. The number of ether oxygens (including phenoxy) is 1. The van der Waals surface area contributed by atoms with Gasteiger partial charge >= 0.3 is 5.97 Å². The molecule has 5 nitrogen and oxygen atoms in total. The average Bonchev–Trinajstić information content (AvgIpc) is 2.88. The first-order valence-electron chi connectivity index (χ1n) is 5.68. The molecule has 1 aliphatic carbocycles. The van der Waals surface area contributed by atoms with Crippen LogP contribution in [0.5, 0.6) is 0 Å². The molecule has 0 bridgehead atoms. The number of aromatic nitrogens is 2. The summed E-state index contributed by atoms with van der Waals surface area (Å²) in [5.41, 5.74) is 0. The van der Waals surface area contributed by atoms with Crippen molar-refractivity contribution in [2.45, 2.75) is 47.9 Å². The molecule has 2 aliphatic rings. The van der Waals surface area contributed by atoms with Gasteiger partial charge in [-0.3, -0.25) is 4.79 Å². The molecule has 1 saturated heterocycles. The van der Waals surface area contributed by atoms with Crippen molar-refractivity contribution in [1.82, 2.24) is 10.2 Å². The van der Waals surface area contributed by atoms with Gasteiger partial charge in [0.15, 0.2) is 4.34 Å². The highest BCUT2D eigenvalue weighted by molar-refractivity contribution is 8.02. The highest BCUT2D eigenvalue weighted by atomic mass is 32.2. The number of esters is 1. The normalized spacial score (nSPS) is 28.2. The summed E-state index contributed by atoms with van der Waals surface area (Å²) in [5, 5.41) is 12.2. The summed E-state index contributed by atoms with van der Waals surface area (Å²) in [5.74, 6) is -0.130. The van der Waals surface area contributed by atoms with Gasteiger partial charge in [-0.25, -0.2) is 0 Å². The van der Waals surface area contributed by atoms with Crippen molar-refractivity contribution in [3.05, 3.63) is 0 Å². The van der Waals surface area contributed by atoms with Gasteiger partial charge in [-0.15, -0.1) is 10.2 Å². The maximum Gasteiger partial charge on any atom is 0.319 e. The standard InChI is InChI=1S/C10H13N3O2S2/c1-5-4-7(8(14)15-5)16-10-13-12-9(17-10)11-6-2-3-6/h5-7H,2-4H2,1H3,(H,11,12)/t5-,7+/m1/s1. The number of hydrogen-bond acceptors (Lipinski definition) is 7. The minimum Gasteiger partial charge on any atom is -0.462 e. The molecule has 1 saturated carbocycles. The summed E-state index contributed by atoms with van der Waals surface area (Å²) in [6, 6.07) is 0.581. The second-order valence-corrected chi connectivity index (χ2v) is 6.81. The molecule has 3 rings (SSSR count). The van der Waals surface area contributed by atoms with E-state index in [9.17, 15) is 4.79 Å². The number of carbonyl (C=O) groups is 1. The molecule has 1 N–H and O–H groups in total. The molecule has 7 heteroatoms. The fourth-order valence-corrected chi connectivity index (χ4v) is 3.84. The Bertz CT molecular complexity index is 433. The first-order chi connectivity index (χ1) is 8.20. The van der Waals surface area contributed by atoms with Crippen molar-refractivity contribution in [2.75, 3.05) is 5.32 Å². The van der Waals surface area contributed by atoms with E-state index in [4.69, 9.17) is 4.74 Å². The molecule has 2 fully saturated rings. The molecule has 2 atom stereocenters. The highest BCUT2D eigenvalue weighted by Gasteiger charge is 2.33. The molecule has 0 radical (unpaired) electrons. The lowest BCUT2D eigenvalue weighted by atomic mass is 10.3. The molecule has 1 aromatic rings. The molecule has 0 amide bonds. The van der Waals surface area contributed by atoms with E-state index < -0.39 is 0 Å². The number of cyclic esters (lactones) is 1. The van der Waals surface area contributed by atoms with Crippen LogP contribution in [0.15, 0.2) is 4.34 Å². The monoisotopic (exact) mass is 271 g/mol. The van der Waals surface area contributed by atoms with E-state index in [1.807, 2.05) is 6.92 Å². The number of hydrogen-bond donors (Lipinski definition) is 1. The van der Waals surface area contributed by atoms with Gasteiger partial charge in [0.2, 0.25) is 5.13 Å². The number of nitrogens with zero attached hydrogens (tertiary/aromatic N) is 2. The van der Waals surface area contributed by atoms with Gasteiger partial charge in [-0.1, -0.05) is 23.1 Å². The van der Waals surface area contributed by atoms with Gasteiger partial charge in [0.25, 0.3) is 0 Å². The van der Waals surface area contributed by atoms with Gasteiger partial charge in [0.1, 0.15) is 11.4 Å². The van der Waals surface area contributed by atoms with Gasteiger partial charge in [-0.2, -0.15) is 0 Å². The summed E-state index contributed by atoms with van der Waals surface area (Å²) in [6.45, 7) is 1.92. The van der Waals surface area contributed by atoms with E-state index in [1.165, 1.54) is 35.9 Å². The largest absolute Gasteiger partial charge is 0.462 e. The lowest BCUT2D eigenvalue weighted by molar-refractivity contribution is -0.140. The second kappa shape index (κ2) is 4.45. The predicted molar refractivity (Wildman–Crippen MR) is 66.4 cm³/mol. The van der Waals surface area contributed by atoms with Crippen LogP contribution in [-0.4, -0.2) is 33.6 Å². The molecule has 0 aromatic carbocycles. The lowest BCUT2D eigenvalue weighted by Crippen LogP contribution is -2.08. The Labute approximate surface area is 107 Å². The molecule has 0 spiro atoms. The zero-order valence-electron chi connectivity index (χ0n) is 9.38. The Morgan fingerprint density at radius 3 is 2.94 bits per heavy atom. The van der Waals surface area contributed by atoms with Crippen LogP contribution in [0.25, 0.3) is 0 Å². The first-order valence-corrected chi connectivity index (χ1v) is 7.37. The van der Waals surface area contributed by atoms with E-state index in [2.05, 4.69) is 15.5 Å². The summed E-state index contributed by atoms with van der Waals surface area (Å²) in [7, 11) is 0. The Morgan fingerprint density at radius 1 is 1.47 bits per heavy atom. The van der Waals surface area contributed by atoms with Crippen molar-refractivity contribution in [2.24, 2.45) is 0 Å². The van der Waals surface area contributed by atoms with E-state index in [0.717, 1.165) is 15.9 Å². The number of anilines is 1. The number of carbonyl (C=O) groups excluding carboxylic acids is 1. The summed E-state index contributed by atoms with van der Waals surface area (Å²) < 4.78 is 5.95. The minimum atomic E-state index is -0.130. The van der Waals surface area contributed by atoms with Crippen molar-refractivity contribution >= 4 is 34.2 Å². The lowest BCUT2D eigenvalue weighted by Gasteiger charge is -1.99. The number of rotatable bonds is 4. The van der Waals surface area contributed by atoms with E-state index in [-0.39, 0.29) is 17.3 Å². The SMILES string of the molecule is C[C@@H]1C[C@H](Sc2nnc(NC3CC3)s2)C(=O)O1. The zero-order valence-corrected chi connectivity index (χ0v) is 11.0. The fourth-order valence-electron chi connectivity index (χ4n) is 1.66. The van der Waals surface area contributed by atoms with Crippen LogP contribution in [0.1, 0.15) is 26.2 Å². The maximum atomic E-state index is 11.5. The van der Waals surface area contributed by atoms with Crippen LogP contribution in [0, 0.1) is 0 Å². The summed E-state index contributed by atoms with van der Waals surface area (Å²) in [6.07, 6.45) is 3.22. The van der Waals surface area contributed by atoms with Gasteiger partial charge in [0, 0.05) is 12.5 Å². The van der Waals surface area contributed by atoms with E-state index in [0.29, 0.717) is 6.04 Å². The fraction of sp³-hybridized carbons (Fsp3) is 0.700. The average molecular weight is 271 g/mol. The Morgan fingerprint density at radius 2 is 2.29 bits per heavy atom. The third-order valence-electron chi connectivity index (χ3n) is 2.68. The van der Waals surface area contributed by atoms with Crippen LogP contribution >= 0.6 is 23.1 Å². The second-order valence-electron chi connectivity index (χ2n) is 4.38. The van der Waals surface area contributed by atoms with Crippen molar-refractivity contribution < 1.29 is 9.53 Å². The summed E-state index contributed by atoms with van der Waals surface area (Å²) in [4.78, 5) is 11.5. The van der Waals surface area contributed by atoms with Crippen LogP contribution in [-0.2, 0) is 9.53 Å². The number of thioether (sulfide) groups is 1. The first kappa shape index (κ1) is 11.3. The van der Waals surface area contributed by atoms with Gasteiger partial charge < -0.3 is 10.1 Å². The Kier molecular flexibility index (Phi) is 2.96. The Balaban J connectivity index is 1.60. The highest BCUT2D eigenvalue weighted by Crippen LogP contribution is 2.36. The van der Waals surface area contributed by atoms with Crippen molar-refractivity contribution in [1.29, 1.82) is 0 Å². The van der Waals surface area contributed by atoms with E-state index >= 15 is 0 Å².